The standard InChI is InChI=1S/C9H4Br2ClNO/c10-6-3-1-5(2-4-6)8-7(12)9(11)14-13-8/h1-4H. The van der Waals surface area contributed by atoms with Gasteiger partial charge >= 0.3 is 0 Å². The quantitative estimate of drug-likeness (QED) is 0.765. The normalized spacial score (nSPS) is 10.5. The first kappa shape index (κ1) is 10.2. The van der Waals surface area contributed by atoms with Gasteiger partial charge in [-0.1, -0.05) is 44.8 Å². The zero-order valence-electron chi connectivity index (χ0n) is 6.80. The molecule has 0 radical (unpaired) electrons. The fourth-order valence-electron chi connectivity index (χ4n) is 1.05. The molecule has 5 heteroatoms. The van der Waals surface area contributed by atoms with Crippen LogP contribution in [0.1, 0.15) is 0 Å². The molecule has 1 aromatic carbocycles. The first-order valence-corrected chi connectivity index (χ1v) is 5.71. The summed E-state index contributed by atoms with van der Waals surface area (Å²) in [4.78, 5) is 0. The van der Waals surface area contributed by atoms with E-state index in [9.17, 15) is 0 Å². The van der Waals surface area contributed by atoms with Crippen LogP contribution >= 0.6 is 43.5 Å². The largest absolute Gasteiger partial charge is 0.347 e. The van der Waals surface area contributed by atoms with Gasteiger partial charge in [0, 0.05) is 10.0 Å². The molecular weight excluding hydrogens is 333 g/mol. The summed E-state index contributed by atoms with van der Waals surface area (Å²) < 4.78 is 6.37. The van der Waals surface area contributed by atoms with Crippen LogP contribution in [0.15, 0.2) is 37.9 Å². The van der Waals surface area contributed by atoms with Crippen LogP contribution in [0.2, 0.25) is 5.02 Å². The van der Waals surface area contributed by atoms with E-state index < -0.39 is 0 Å². The summed E-state index contributed by atoms with van der Waals surface area (Å²) in [6.45, 7) is 0. The van der Waals surface area contributed by atoms with E-state index in [1.165, 1.54) is 0 Å². The third-order valence-corrected chi connectivity index (χ3v) is 3.36. The molecule has 0 aliphatic heterocycles. The van der Waals surface area contributed by atoms with Crippen LogP contribution in [0, 0.1) is 0 Å². The molecule has 0 bridgehead atoms. The molecule has 0 N–H and O–H groups in total. The summed E-state index contributed by atoms with van der Waals surface area (Å²) in [6, 6.07) is 7.68. The van der Waals surface area contributed by atoms with Gasteiger partial charge in [0.15, 0.2) is 0 Å². The van der Waals surface area contributed by atoms with E-state index >= 15 is 0 Å². The number of benzene rings is 1. The Labute approximate surface area is 102 Å². The lowest BCUT2D eigenvalue weighted by molar-refractivity contribution is 0.402. The van der Waals surface area contributed by atoms with Crippen molar-refractivity contribution in [1.29, 1.82) is 0 Å². The van der Waals surface area contributed by atoms with Crippen molar-refractivity contribution in [3.8, 4) is 11.3 Å². The molecule has 0 aliphatic rings. The molecule has 0 amide bonds. The molecule has 2 rings (SSSR count). The van der Waals surface area contributed by atoms with E-state index in [1.54, 1.807) is 0 Å². The molecule has 2 aromatic rings. The van der Waals surface area contributed by atoms with Gasteiger partial charge in [0.2, 0.25) is 4.67 Å². The lowest BCUT2D eigenvalue weighted by atomic mass is 10.2. The molecule has 0 unspecified atom stereocenters. The summed E-state index contributed by atoms with van der Waals surface area (Å²) in [5, 5.41) is 4.34. The highest BCUT2D eigenvalue weighted by Gasteiger charge is 2.12. The SMILES string of the molecule is Clc1c(-c2ccc(Br)cc2)noc1Br. The van der Waals surface area contributed by atoms with E-state index in [-0.39, 0.29) is 0 Å². The van der Waals surface area contributed by atoms with Crippen molar-refractivity contribution >= 4 is 43.5 Å². The maximum atomic E-state index is 5.97. The van der Waals surface area contributed by atoms with Crippen LogP contribution in [0.5, 0.6) is 0 Å². The van der Waals surface area contributed by atoms with Gasteiger partial charge in [-0.2, -0.15) is 0 Å². The molecule has 0 spiro atoms. The highest BCUT2D eigenvalue weighted by molar-refractivity contribution is 9.10. The monoisotopic (exact) mass is 335 g/mol. The van der Waals surface area contributed by atoms with Crippen LogP contribution in [-0.2, 0) is 0 Å². The van der Waals surface area contributed by atoms with Gasteiger partial charge in [0.05, 0.1) is 0 Å². The van der Waals surface area contributed by atoms with Gasteiger partial charge in [0.1, 0.15) is 10.7 Å². The van der Waals surface area contributed by atoms with Crippen molar-refractivity contribution in [3.05, 3.63) is 38.4 Å². The van der Waals surface area contributed by atoms with Crippen LogP contribution in [0.25, 0.3) is 11.3 Å². The van der Waals surface area contributed by atoms with E-state index in [2.05, 4.69) is 37.0 Å². The molecule has 72 valence electrons. The zero-order valence-corrected chi connectivity index (χ0v) is 10.7. The van der Waals surface area contributed by atoms with Gasteiger partial charge in [-0.25, -0.2) is 0 Å². The minimum Gasteiger partial charge on any atom is -0.347 e. The Bertz CT molecular complexity index is 452. The van der Waals surface area contributed by atoms with Gasteiger partial charge in [-0.05, 0) is 28.1 Å². The smallest absolute Gasteiger partial charge is 0.221 e. The van der Waals surface area contributed by atoms with E-state index in [1.807, 2.05) is 24.3 Å². The number of nitrogens with zero attached hydrogens (tertiary/aromatic N) is 1. The topological polar surface area (TPSA) is 26.0 Å². The molecule has 0 aliphatic carbocycles. The van der Waals surface area contributed by atoms with Crippen LogP contribution in [0.3, 0.4) is 0 Å². The first-order chi connectivity index (χ1) is 6.68. The maximum absolute atomic E-state index is 5.97. The average Bonchev–Trinajstić information content (AvgIpc) is 2.50. The molecule has 1 aromatic heterocycles. The Morgan fingerprint density at radius 1 is 1.14 bits per heavy atom. The van der Waals surface area contributed by atoms with Crippen molar-refractivity contribution in [1.82, 2.24) is 5.16 Å². The van der Waals surface area contributed by atoms with Crippen molar-refractivity contribution in [3.63, 3.8) is 0 Å². The van der Waals surface area contributed by atoms with E-state index in [0.717, 1.165) is 10.0 Å². The predicted molar refractivity (Wildman–Crippen MR) is 62.3 cm³/mol. The van der Waals surface area contributed by atoms with E-state index in [4.69, 9.17) is 16.1 Å². The summed E-state index contributed by atoms with van der Waals surface area (Å²) in [7, 11) is 0. The summed E-state index contributed by atoms with van der Waals surface area (Å²) >= 11 is 12.5. The van der Waals surface area contributed by atoms with Crippen molar-refractivity contribution in [2.75, 3.05) is 0 Å². The maximum Gasteiger partial charge on any atom is 0.221 e. The van der Waals surface area contributed by atoms with Gasteiger partial charge in [0.25, 0.3) is 0 Å². The fourth-order valence-corrected chi connectivity index (χ4v) is 1.75. The summed E-state index contributed by atoms with van der Waals surface area (Å²) in [5.41, 5.74) is 1.57. The van der Waals surface area contributed by atoms with Gasteiger partial charge in [-0.15, -0.1) is 0 Å². The van der Waals surface area contributed by atoms with Gasteiger partial charge < -0.3 is 4.52 Å². The second-order valence-corrected chi connectivity index (χ2v) is 4.64. The van der Waals surface area contributed by atoms with E-state index in [0.29, 0.717) is 15.4 Å². The molecule has 0 atom stereocenters. The van der Waals surface area contributed by atoms with Crippen LogP contribution in [0.4, 0.5) is 0 Å². The molecule has 14 heavy (non-hydrogen) atoms. The van der Waals surface area contributed by atoms with Gasteiger partial charge in [-0.3, -0.25) is 0 Å². The number of hydrogen-bond donors (Lipinski definition) is 0. The first-order valence-electron chi connectivity index (χ1n) is 3.75. The Hall–Kier alpha value is -0.320. The minimum atomic E-state index is 0.456. The molecule has 0 saturated heterocycles. The molecule has 0 saturated carbocycles. The molecule has 1 heterocycles. The van der Waals surface area contributed by atoms with Crippen LogP contribution < -0.4 is 0 Å². The highest BCUT2D eigenvalue weighted by Crippen LogP contribution is 2.33. The Kier molecular flexibility index (Phi) is 2.95. The Morgan fingerprint density at radius 2 is 1.79 bits per heavy atom. The average molecular weight is 337 g/mol. The second-order valence-electron chi connectivity index (χ2n) is 2.63. The lowest BCUT2D eigenvalue weighted by Gasteiger charge is -1.95. The Balaban J connectivity index is 2.49. The fraction of sp³-hybridized carbons (Fsp3) is 0. The summed E-state index contributed by atoms with van der Waals surface area (Å²) in [5.74, 6) is 0. The lowest BCUT2D eigenvalue weighted by Crippen LogP contribution is -1.77. The third-order valence-electron chi connectivity index (χ3n) is 1.72. The third kappa shape index (κ3) is 1.87. The molecule has 0 fully saturated rings. The van der Waals surface area contributed by atoms with Crippen LogP contribution in [-0.4, -0.2) is 5.16 Å². The number of aromatic nitrogens is 1. The Morgan fingerprint density at radius 3 is 2.29 bits per heavy atom. The minimum absolute atomic E-state index is 0.456. The zero-order chi connectivity index (χ0) is 10.1. The number of halogens is 3. The van der Waals surface area contributed by atoms with Crippen molar-refractivity contribution in [2.24, 2.45) is 0 Å². The van der Waals surface area contributed by atoms with Crippen molar-refractivity contribution in [2.45, 2.75) is 0 Å². The number of rotatable bonds is 1. The molecule has 2 nitrogen and oxygen atoms in total. The van der Waals surface area contributed by atoms with Crippen molar-refractivity contribution < 1.29 is 4.52 Å². The second kappa shape index (κ2) is 4.04. The highest BCUT2D eigenvalue weighted by atomic mass is 79.9. The predicted octanol–water partition coefficient (Wildman–Crippen LogP) is 4.52. The summed E-state index contributed by atoms with van der Waals surface area (Å²) in [6.07, 6.45) is 0. The molecular formula is C9H4Br2ClNO. The number of hydrogen-bond acceptors (Lipinski definition) is 2.